The molecule has 0 aliphatic rings. The van der Waals surface area contributed by atoms with Gasteiger partial charge in [0.25, 0.3) is 0 Å². The third-order valence-electron chi connectivity index (χ3n) is 2.28. The van der Waals surface area contributed by atoms with Crippen molar-refractivity contribution in [1.29, 1.82) is 0 Å². The van der Waals surface area contributed by atoms with Crippen LogP contribution in [0.15, 0.2) is 0 Å². The molecule has 0 aliphatic heterocycles. The lowest BCUT2D eigenvalue weighted by molar-refractivity contribution is -0.000721. The van der Waals surface area contributed by atoms with Gasteiger partial charge in [-0.3, -0.25) is 0 Å². The van der Waals surface area contributed by atoms with Crippen molar-refractivity contribution >= 4 is 0 Å². The molecule has 0 aliphatic carbocycles. The van der Waals surface area contributed by atoms with Crippen LogP contribution in [0.5, 0.6) is 0 Å². The first-order chi connectivity index (χ1) is 7.81. The Kier molecular flexibility index (Phi) is 12.8. The first-order valence-corrected chi connectivity index (χ1v) is 6.03. The summed E-state index contributed by atoms with van der Waals surface area (Å²) in [6, 6.07) is 0. The van der Waals surface area contributed by atoms with E-state index >= 15 is 0 Å². The lowest BCUT2D eigenvalue weighted by atomic mass is 10.1. The molecule has 0 radical (unpaired) electrons. The molecule has 0 heterocycles. The SMILES string of the molecule is CCC(C)COCCOCCOCCOC. The third-order valence-corrected chi connectivity index (χ3v) is 2.28. The van der Waals surface area contributed by atoms with Crippen LogP contribution >= 0.6 is 0 Å². The van der Waals surface area contributed by atoms with Crippen LogP contribution in [0.2, 0.25) is 0 Å². The topological polar surface area (TPSA) is 36.9 Å². The van der Waals surface area contributed by atoms with Crippen molar-refractivity contribution in [3.63, 3.8) is 0 Å². The number of ether oxygens (including phenoxy) is 4. The van der Waals surface area contributed by atoms with Gasteiger partial charge in [-0.25, -0.2) is 0 Å². The average molecular weight is 234 g/mol. The number of methoxy groups -OCH3 is 1. The fourth-order valence-corrected chi connectivity index (χ4v) is 0.984. The number of hydrogen-bond acceptors (Lipinski definition) is 4. The molecule has 0 aromatic heterocycles. The van der Waals surface area contributed by atoms with E-state index in [0.29, 0.717) is 45.6 Å². The summed E-state index contributed by atoms with van der Waals surface area (Å²) in [5.41, 5.74) is 0. The second kappa shape index (κ2) is 12.9. The summed E-state index contributed by atoms with van der Waals surface area (Å²) in [4.78, 5) is 0. The van der Waals surface area contributed by atoms with Crippen molar-refractivity contribution in [2.24, 2.45) is 5.92 Å². The van der Waals surface area contributed by atoms with E-state index in [1.807, 2.05) is 0 Å². The molecule has 0 aromatic carbocycles. The van der Waals surface area contributed by atoms with Crippen LogP contribution in [-0.2, 0) is 18.9 Å². The second-order valence-electron chi connectivity index (χ2n) is 3.81. The smallest absolute Gasteiger partial charge is 0.0701 e. The summed E-state index contributed by atoms with van der Waals surface area (Å²) in [5.74, 6) is 0.636. The first kappa shape index (κ1) is 15.8. The summed E-state index contributed by atoms with van der Waals surface area (Å²) in [5, 5.41) is 0. The maximum absolute atomic E-state index is 5.45. The number of hydrogen-bond donors (Lipinski definition) is 0. The van der Waals surface area contributed by atoms with E-state index in [4.69, 9.17) is 18.9 Å². The molecular formula is C12H26O4. The zero-order chi connectivity index (χ0) is 12.1. The normalized spacial score (nSPS) is 12.9. The van der Waals surface area contributed by atoms with Gasteiger partial charge in [0.15, 0.2) is 0 Å². The quantitative estimate of drug-likeness (QED) is 0.482. The molecule has 0 N–H and O–H groups in total. The molecule has 0 saturated heterocycles. The van der Waals surface area contributed by atoms with Crippen molar-refractivity contribution in [2.45, 2.75) is 20.3 Å². The molecule has 1 unspecified atom stereocenters. The molecule has 0 spiro atoms. The summed E-state index contributed by atoms with van der Waals surface area (Å²) >= 11 is 0. The van der Waals surface area contributed by atoms with Crippen LogP contribution in [0.4, 0.5) is 0 Å². The lowest BCUT2D eigenvalue weighted by Gasteiger charge is -2.09. The van der Waals surface area contributed by atoms with Gasteiger partial charge in [0, 0.05) is 13.7 Å². The predicted octanol–water partition coefficient (Wildman–Crippen LogP) is 1.73. The zero-order valence-electron chi connectivity index (χ0n) is 10.9. The molecular weight excluding hydrogens is 208 g/mol. The molecule has 0 bridgehead atoms. The fraction of sp³-hybridized carbons (Fsp3) is 1.00. The van der Waals surface area contributed by atoms with Crippen molar-refractivity contribution < 1.29 is 18.9 Å². The van der Waals surface area contributed by atoms with Crippen molar-refractivity contribution in [3.05, 3.63) is 0 Å². The summed E-state index contributed by atoms with van der Waals surface area (Å²) in [6.45, 7) is 9.00. The second-order valence-corrected chi connectivity index (χ2v) is 3.81. The Hall–Kier alpha value is -0.160. The van der Waals surface area contributed by atoms with Gasteiger partial charge in [-0.05, 0) is 5.92 Å². The Balaban J connectivity index is 2.93. The highest BCUT2D eigenvalue weighted by atomic mass is 16.6. The first-order valence-electron chi connectivity index (χ1n) is 6.03. The van der Waals surface area contributed by atoms with Crippen LogP contribution in [0.1, 0.15) is 20.3 Å². The van der Waals surface area contributed by atoms with Crippen LogP contribution in [0.25, 0.3) is 0 Å². The highest BCUT2D eigenvalue weighted by Crippen LogP contribution is 1.99. The molecule has 98 valence electrons. The van der Waals surface area contributed by atoms with E-state index in [1.54, 1.807) is 7.11 Å². The van der Waals surface area contributed by atoms with Crippen molar-refractivity contribution in [1.82, 2.24) is 0 Å². The maximum Gasteiger partial charge on any atom is 0.0701 e. The average Bonchev–Trinajstić information content (AvgIpc) is 2.31. The minimum absolute atomic E-state index is 0.620. The standard InChI is InChI=1S/C12H26O4/c1-4-12(2)11-16-10-9-15-8-7-14-6-5-13-3/h12H,4-11H2,1-3H3. The highest BCUT2D eigenvalue weighted by molar-refractivity contribution is 4.45. The van der Waals surface area contributed by atoms with E-state index in [1.165, 1.54) is 0 Å². The van der Waals surface area contributed by atoms with Gasteiger partial charge in [-0.15, -0.1) is 0 Å². The van der Waals surface area contributed by atoms with Gasteiger partial charge in [0.05, 0.1) is 39.6 Å². The van der Waals surface area contributed by atoms with Gasteiger partial charge >= 0.3 is 0 Å². The van der Waals surface area contributed by atoms with Crippen LogP contribution < -0.4 is 0 Å². The Morgan fingerprint density at radius 1 is 0.812 bits per heavy atom. The predicted molar refractivity (Wildman–Crippen MR) is 63.8 cm³/mol. The van der Waals surface area contributed by atoms with Gasteiger partial charge in [-0.1, -0.05) is 20.3 Å². The molecule has 0 rings (SSSR count). The van der Waals surface area contributed by atoms with Crippen LogP contribution in [0.3, 0.4) is 0 Å². The maximum atomic E-state index is 5.45. The Morgan fingerprint density at radius 3 is 1.81 bits per heavy atom. The van der Waals surface area contributed by atoms with Gasteiger partial charge in [-0.2, -0.15) is 0 Å². The van der Waals surface area contributed by atoms with E-state index < -0.39 is 0 Å². The van der Waals surface area contributed by atoms with E-state index in [2.05, 4.69) is 13.8 Å². The largest absolute Gasteiger partial charge is 0.382 e. The molecule has 0 aromatic rings. The van der Waals surface area contributed by atoms with Gasteiger partial charge < -0.3 is 18.9 Å². The highest BCUT2D eigenvalue weighted by Gasteiger charge is 1.97. The Morgan fingerprint density at radius 2 is 1.31 bits per heavy atom. The summed E-state index contributed by atoms with van der Waals surface area (Å²) < 4.78 is 20.9. The zero-order valence-corrected chi connectivity index (χ0v) is 10.9. The fourth-order valence-electron chi connectivity index (χ4n) is 0.984. The molecule has 0 amide bonds. The molecule has 4 nitrogen and oxygen atoms in total. The van der Waals surface area contributed by atoms with Crippen LogP contribution in [-0.4, -0.2) is 53.4 Å². The molecule has 4 heteroatoms. The third kappa shape index (κ3) is 11.9. The van der Waals surface area contributed by atoms with E-state index in [0.717, 1.165) is 13.0 Å². The number of rotatable bonds is 12. The van der Waals surface area contributed by atoms with Crippen molar-refractivity contribution in [2.75, 3.05) is 53.4 Å². The van der Waals surface area contributed by atoms with Crippen LogP contribution in [0, 0.1) is 5.92 Å². The Bertz CT molecular complexity index is 130. The van der Waals surface area contributed by atoms with E-state index in [-0.39, 0.29) is 0 Å². The molecule has 16 heavy (non-hydrogen) atoms. The van der Waals surface area contributed by atoms with Gasteiger partial charge in [0.2, 0.25) is 0 Å². The summed E-state index contributed by atoms with van der Waals surface area (Å²) in [7, 11) is 1.66. The lowest BCUT2D eigenvalue weighted by Crippen LogP contribution is -2.13. The van der Waals surface area contributed by atoms with Gasteiger partial charge in [0.1, 0.15) is 0 Å². The molecule has 1 atom stereocenters. The molecule has 0 saturated carbocycles. The van der Waals surface area contributed by atoms with Crippen molar-refractivity contribution in [3.8, 4) is 0 Å². The minimum Gasteiger partial charge on any atom is -0.382 e. The Labute approximate surface area is 99.2 Å². The minimum atomic E-state index is 0.620. The summed E-state index contributed by atoms with van der Waals surface area (Å²) in [6.07, 6.45) is 1.16. The monoisotopic (exact) mass is 234 g/mol. The van der Waals surface area contributed by atoms with E-state index in [9.17, 15) is 0 Å². The molecule has 0 fully saturated rings.